The summed E-state index contributed by atoms with van der Waals surface area (Å²) in [7, 11) is 1.70. The van der Waals surface area contributed by atoms with Gasteiger partial charge in [0.15, 0.2) is 0 Å². The van der Waals surface area contributed by atoms with Crippen LogP contribution < -0.4 is 5.32 Å². The number of hydrogen-bond donors (Lipinski definition) is 2. The Morgan fingerprint density at radius 2 is 2.10 bits per heavy atom. The van der Waals surface area contributed by atoms with Gasteiger partial charge in [-0.05, 0) is 24.1 Å². The van der Waals surface area contributed by atoms with Gasteiger partial charge in [0, 0.05) is 18.1 Å². The van der Waals surface area contributed by atoms with Crippen molar-refractivity contribution in [3.63, 3.8) is 0 Å². The Balaban J connectivity index is 2.83. The summed E-state index contributed by atoms with van der Waals surface area (Å²) in [5, 5.41) is 11.8. The highest BCUT2D eigenvalue weighted by atomic mass is 79.9. The first-order valence-electron chi connectivity index (χ1n) is 6.40. The average Bonchev–Trinajstić information content (AvgIpc) is 2.40. The van der Waals surface area contributed by atoms with Gasteiger partial charge in [-0.2, -0.15) is 0 Å². The number of halogens is 1. The van der Waals surface area contributed by atoms with Crippen LogP contribution in [-0.2, 0) is 0 Å². The van der Waals surface area contributed by atoms with Crippen LogP contribution in [0.2, 0.25) is 0 Å². The molecule has 0 spiro atoms. The first-order chi connectivity index (χ1) is 9.35. The summed E-state index contributed by atoms with van der Waals surface area (Å²) in [6.45, 7) is 4.75. The SMILES string of the molecule is CCC(C)CN(C)C(=O)Nc1ccc(Br)cc1C(=O)O. The Labute approximate surface area is 127 Å². The lowest BCUT2D eigenvalue weighted by Gasteiger charge is -2.21. The number of carboxylic acid groups (broad SMARTS) is 1. The van der Waals surface area contributed by atoms with E-state index in [1.807, 2.05) is 0 Å². The summed E-state index contributed by atoms with van der Waals surface area (Å²) in [6.07, 6.45) is 0.982. The molecule has 0 saturated heterocycles. The highest BCUT2D eigenvalue weighted by Crippen LogP contribution is 2.21. The third-order valence-electron chi connectivity index (χ3n) is 3.08. The molecule has 1 aromatic rings. The molecule has 2 N–H and O–H groups in total. The Morgan fingerprint density at radius 1 is 1.45 bits per heavy atom. The number of amides is 2. The molecule has 1 unspecified atom stereocenters. The van der Waals surface area contributed by atoms with Crippen molar-refractivity contribution in [3.8, 4) is 0 Å². The maximum Gasteiger partial charge on any atom is 0.337 e. The molecule has 0 aliphatic carbocycles. The fourth-order valence-corrected chi connectivity index (χ4v) is 2.05. The number of anilines is 1. The molecule has 110 valence electrons. The summed E-state index contributed by atoms with van der Waals surface area (Å²) in [5.41, 5.74) is 0.353. The van der Waals surface area contributed by atoms with Crippen molar-refractivity contribution in [2.45, 2.75) is 20.3 Å². The smallest absolute Gasteiger partial charge is 0.337 e. The summed E-state index contributed by atoms with van der Waals surface area (Å²) in [5.74, 6) is -0.680. The van der Waals surface area contributed by atoms with Crippen LogP contribution in [0.25, 0.3) is 0 Å². The number of nitrogens with one attached hydrogen (secondary N) is 1. The van der Waals surface area contributed by atoms with Crippen LogP contribution in [-0.4, -0.2) is 35.6 Å². The van der Waals surface area contributed by atoms with Crippen LogP contribution in [0.3, 0.4) is 0 Å². The number of hydrogen-bond acceptors (Lipinski definition) is 2. The second-order valence-electron chi connectivity index (χ2n) is 4.82. The van der Waals surface area contributed by atoms with Crippen molar-refractivity contribution in [1.29, 1.82) is 0 Å². The largest absolute Gasteiger partial charge is 0.478 e. The zero-order valence-electron chi connectivity index (χ0n) is 11.8. The van der Waals surface area contributed by atoms with E-state index in [2.05, 4.69) is 35.1 Å². The molecule has 1 atom stereocenters. The lowest BCUT2D eigenvalue weighted by molar-refractivity contribution is 0.0698. The Kier molecular flexibility index (Phi) is 6.01. The molecule has 5 nitrogen and oxygen atoms in total. The van der Waals surface area contributed by atoms with Crippen molar-refractivity contribution in [2.24, 2.45) is 5.92 Å². The normalized spacial score (nSPS) is 11.8. The fourth-order valence-electron chi connectivity index (χ4n) is 1.69. The van der Waals surface area contributed by atoms with Crippen LogP contribution >= 0.6 is 15.9 Å². The molecule has 0 fully saturated rings. The average molecular weight is 343 g/mol. The number of benzene rings is 1. The molecule has 0 aliphatic heterocycles. The second-order valence-corrected chi connectivity index (χ2v) is 5.73. The van der Waals surface area contributed by atoms with E-state index in [0.717, 1.165) is 6.42 Å². The monoisotopic (exact) mass is 342 g/mol. The zero-order chi connectivity index (χ0) is 15.3. The number of carbonyl (C=O) groups excluding carboxylic acids is 1. The lowest BCUT2D eigenvalue weighted by atomic mass is 10.1. The maximum atomic E-state index is 12.0. The predicted molar refractivity (Wildman–Crippen MR) is 82.2 cm³/mol. The molecule has 0 radical (unpaired) electrons. The molecule has 1 aromatic carbocycles. The minimum absolute atomic E-state index is 0.0599. The van der Waals surface area contributed by atoms with Gasteiger partial charge in [0.25, 0.3) is 0 Å². The van der Waals surface area contributed by atoms with Gasteiger partial charge in [-0.1, -0.05) is 36.2 Å². The predicted octanol–water partition coefficient (Wildman–Crippen LogP) is 3.66. The molecule has 0 aliphatic rings. The van der Waals surface area contributed by atoms with Crippen molar-refractivity contribution in [1.82, 2.24) is 4.90 Å². The van der Waals surface area contributed by atoms with E-state index in [9.17, 15) is 9.59 Å². The van der Waals surface area contributed by atoms with Gasteiger partial charge in [0.05, 0.1) is 11.3 Å². The molecular formula is C14H19BrN2O3. The highest BCUT2D eigenvalue weighted by molar-refractivity contribution is 9.10. The van der Waals surface area contributed by atoms with Crippen molar-refractivity contribution >= 4 is 33.6 Å². The van der Waals surface area contributed by atoms with E-state index in [-0.39, 0.29) is 11.6 Å². The highest BCUT2D eigenvalue weighted by Gasteiger charge is 2.16. The third kappa shape index (κ3) is 4.52. The van der Waals surface area contributed by atoms with E-state index in [4.69, 9.17) is 5.11 Å². The molecule has 0 bridgehead atoms. The molecule has 6 heteroatoms. The van der Waals surface area contributed by atoms with Gasteiger partial charge in [0.1, 0.15) is 0 Å². The minimum Gasteiger partial charge on any atom is -0.478 e. The zero-order valence-corrected chi connectivity index (χ0v) is 13.4. The second kappa shape index (κ2) is 7.28. The Morgan fingerprint density at radius 3 is 2.65 bits per heavy atom. The van der Waals surface area contributed by atoms with Gasteiger partial charge in [-0.3, -0.25) is 0 Å². The van der Waals surface area contributed by atoms with Crippen LogP contribution in [0.5, 0.6) is 0 Å². The standard InChI is InChI=1S/C14H19BrN2O3/c1-4-9(2)8-17(3)14(20)16-12-6-5-10(15)7-11(12)13(18)19/h5-7,9H,4,8H2,1-3H3,(H,16,20)(H,18,19). The molecule has 0 saturated carbocycles. The number of carbonyl (C=O) groups is 2. The van der Waals surface area contributed by atoms with Gasteiger partial charge in [-0.15, -0.1) is 0 Å². The maximum absolute atomic E-state index is 12.0. The number of aromatic carboxylic acids is 1. The first-order valence-corrected chi connectivity index (χ1v) is 7.19. The van der Waals surface area contributed by atoms with Crippen LogP contribution in [0.1, 0.15) is 30.6 Å². The molecule has 2 amide bonds. The minimum atomic E-state index is -1.08. The summed E-state index contributed by atoms with van der Waals surface area (Å²) in [4.78, 5) is 24.8. The van der Waals surface area contributed by atoms with E-state index in [0.29, 0.717) is 22.6 Å². The molecule has 0 heterocycles. The van der Waals surface area contributed by atoms with Gasteiger partial charge in [0.2, 0.25) is 0 Å². The Hall–Kier alpha value is -1.56. The first kappa shape index (κ1) is 16.5. The van der Waals surface area contributed by atoms with Crippen LogP contribution in [0.4, 0.5) is 10.5 Å². The van der Waals surface area contributed by atoms with Crippen LogP contribution in [0, 0.1) is 5.92 Å². The summed E-state index contributed by atoms with van der Waals surface area (Å²) in [6, 6.07) is 4.42. The number of rotatable bonds is 5. The van der Waals surface area contributed by atoms with Crippen molar-refractivity contribution in [3.05, 3.63) is 28.2 Å². The van der Waals surface area contributed by atoms with Crippen molar-refractivity contribution < 1.29 is 14.7 Å². The molecule has 0 aromatic heterocycles. The summed E-state index contributed by atoms with van der Waals surface area (Å²) >= 11 is 3.22. The third-order valence-corrected chi connectivity index (χ3v) is 3.58. The van der Waals surface area contributed by atoms with Crippen LogP contribution in [0.15, 0.2) is 22.7 Å². The topological polar surface area (TPSA) is 69.6 Å². The quantitative estimate of drug-likeness (QED) is 0.857. The fraction of sp³-hybridized carbons (Fsp3) is 0.429. The number of carboxylic acids is 1. The van der Waals surface area contributed by atoms with Gasteiger partial charge < -0.3 is 15.3 Å². The van der Waals surface area contributed by atoms with Gasteiger partial charge >= 0.3 is 12.0 Å². The van der Waals surface area contributed by atoms with Gasteiger partial charge in [-0.25, -0.2) is 9.59 Å². The van der Waals surface area contributed by atoms with E-state index < -0.39 is 5.97 Å². The number of nitrogens with zero attached hydrogens (tertiary/aromatic N) is 1. The Bertz CT molecular complexity index is 505. The lowest BCUT2D eigenvalue weighted by Crippen LogP contribution is -2.35. The van der Waals surface area contributed by atoms with Crippen molar-refractivity contribution in [2.75, 3.05) is 18.9 Å². The molecule has 20 heavy (non-hydrogen) atoms. The molecule has 1 rings (SSSR count). The van der Waals surface area contributed by atoms with E-state index in [1.165, 1.54) is 6.07 Å². The number of urea groups is 1. The van der Waals surface area contributed by atoms with E-state index in [1.54, 1.807) is 24.1 Å². The summed E-state index contributed by atoms with van der Waals surface area (Å²) < 4.78 is 0.654. The van der Waals surface area contributed by atoms with E-state index >= 15 is 0 Å². The molecular weight excluding hydrogens is 324 g/mol.